The molecule has 30 heavy (non-hydrogen) atoms. The average molecular weight is 422 g/mol. The van der Waals surface area contributed by atoms with E-state index in [0.29, 0.717) is 37.5 Å². The summed E-state index contributed by atoms with van der Waals surface area (Å²) in [6, 6.07) is 17.4. The number of ether oxygens (including phenoxy) is 1. The van der Waals surface area contributed by atoms with Crippen molar-refractivity contribution in [2.45, 2.75) is 6.42 Å². The third-order valence-corrected chi connectivity index (χ3v) is 6.18. The minimum absolute atomic E-state index is 0.0189. The molecule has 0 atom stereocenters. The summed E-state index contributed by atoms with van der Waals surface area (Å²) in [7, 11) is 1.61. The van der Waals surface area contributed by atoms with Crippen LogP contribution in [0.1, 0.15) is 15.2 Å². The molecule has 1 fully saturated rings. The van der Waals surface area contributed by atoms with Crippen molar-refractivity contribution in [1.82, 2.24) is 14.8 Å². The molecule has 0 aliphatic carbocycles. The van der Waals surface area contributed by atoms with Gasteiger partial charge in [0.2, 0.25) is 5.91 Å². The van der Waals surface area contributed by atoms with E-state index in [4.69, 9.17) is 4.74 Å². The number of carbonyl (C=O) groups excluding carboxylic acids is 2. The molecule has 0 saturated carbocycles. The van der Waals surface area contributed by atoms with Gasteiger partial charge >= 0.3 is 0 Å². The van der Waals surface area contributed by atoms with Crippen LogP contribution >= 0.6 is 11.3 Å². The molecule has 2 amide bonds. The molecular weight excluding hydrogens is 398 g/mol. The lowest BCUT2D eigenvalue weighted by molar-refractivity contribution is -0.131. The SMILES string of the molecule is COc1cccc(CC(=O)N2CCN(C(=O)c3cnc(-c4ccccc4)s3)CC2)c1. The number of benzene rings is 2. The van der Waals surface area contributed by atoms with Crippen molar-refractivity contribution in [1.29, 1.82) is 0 Å². The van der Waals surface area contributed by atoms with Crippen LogP contribution in [0.5, 0.6) is 5.75 Å². The van der Waals surface area contributed by atoms with Crippen LogP contribution in [-0.2, 0) is 11.2 Å². The molecule has 7 heteroatoms. The van der Waals surface area contributed by atoms with Crippen LogP contribution in [0, 0.1) is 0 Å². The van der Waals surface area contributed by atoms with E-state index in [-0.39, 0.29) is 11.8 Å². The Bertz CT molecular complexity index is 1030. The number of methoxy groups -OCH3 is 1. The first-order chi connectivity index (χ1) is 14.6. The van der Waals surface area contributed by atoms with E-state index in [0.717, 1.165) is 21.9 Å². The molecule has 0 radical (unpaired) electrons. The fourth-order valence-corrected chi connectivity index (χ4v) is 4.36. The van der Waals surface area contributed by atoms with Gasteiger partial charge in [0, 0.05) is 31.7 Å². The van der Waals surface area contributed by atoms with Gasteiger partial charge in [-0.3, -0.25) is 9.59 Å². The van der Waals surface area contributed by atoms with Crippen molar-refractivity contribution in [2.75, 3.05) is 33.3 Å². The lowest BCUT2D eigenvalue weighted by Crippen LogP contribution is -2.50. The Labute approximate surface area is 179 Å². The van der Waals surface area contributed by atoms with Gasteiger partial charge in [0.05, 0.1) is 19.7 Å². The molecule has 1 saturated heterocycles. The minimum Gasteiger partial charge on any atom is -0.497 e. The zero-order valence-corrected chi connectivity index (χ0v) is 17.6. The lowest BCUT2D eigenvalue weighted by Gasteiger charge is -2.34. The summed E-state index contributed by atoms with van der Waals surface area (Å²) in [6.45, 7) is 2.14. The predicted octanol–water partition coefficient (Wildman–Crippen LogP) is 3.35. The van der Waals surface area contributed by atoms with Crippen molar-refractivity contribution in [2.24, 2.45) is 0 Å². The quantitative estimate of drug-likeness (QED) is 0.634. The number of nitrogens with zero attached hydrogens (tertiary/aromatic N) is 3. The number of aromatic nitrogens is 1. The number of hydrogen-bond donors (Lipinski definition) is 0. The zero-order valence-electron chi connectivity index (χ0n) is 16.8. The summed E-state index contributed by atoms with van der Waals surface area (Å²) in [4.78, 5) is 34.2. The average Bonchev–Trinajstić information content (AvgIpc) is 3.30. The van der Waals surface area contributed by atoms with Gasteiger partial charge < -0.3 is 14.5 Å². The van der Waals surface area contributed by atoms with Crippen molar-refractivity contribution >= 4 is 23.2 Å². The second-order valence-corrected chi connectivity index (χ2v) is 8.13. The van der Waals surface area contributed by atoms with Crippen molar-refractivity contribution < 1.29 is 14.3 Å². The van der Waals surface area contributed by atoms with Gasteiger partial charge in [-0.25, -0.2) is 4.98 Å². The maximum Gasteiger partial charge on any atom is 0.265 e. The highest BCUT2D eigenvalue weighted by Gasteiger charge is 2.26. The molecule has 2 heterocycles. The summed E-state index contributed by atoms with van der Waals surface area (Å²) >= 11 is 1.41. The second kappa shape index (κ2) is 9.09. The molecule has 154 valence electrons. The van der Waals surface area contributed by atoms with Crippen LogP contribution in [0.25, 0.3) is 10.6 Å². The van der Waals surface area contributed by atoms with Gasteiger partial charge in [-0.05, 0) is 17.7 Å². The maximum absolute atomic E-state index is 12.9. The molecular formula is C23H23N3O3S. The standard InChI is InChI=1S/C23H23N3O3S/c1-29-19-9-5-6-17(14-19)15-21(27)25-10-12-26(13-11-25)23(28)20-16-24-22(30-20)18-7-3-2-4-8-18/h2-9,14,16H,10-13,15H2,1H3. The summed E-state index contributed by atoms with van der Waals surface area (Å²) in [6.07, 6.45) is 1.98. The van der Waals surface area contributed by atoms with E-state index >= 15 is 0 Å². The van der Waals surface area contributed by atoms with Gasteiger partial charge in [-0.2, -0.15) is 0 Å². The monoisotopic (exact) mass is 421 g/mol. The molecule has 0 N–H and O–H groups in total. The number of hydrogen-bond acceptors (Lipinski definition) is 5. The fourth-order valence-electron chi connectivity index (χ4n) is 3.47. The number of piperazine rings is 1. The van der Waals surface area contributed by atoms with E-state index < -0.39 is 0 Å². The van der Waals surface area contributed by atoms with Gasteiger partial charge in [0.25, 0.3) is 5.91 Å². The number of amides is 2. The van der Waals surface area contributed by atoms with Gasteiger partial charge in [-0.15, -0.1) is 11.3 Å². The topological polar surface area (TPSA) is 62.7 Å². The number of rotatable bonds is 5. The molecule has 0 bridgehead atoms. The third-order valence-electron chi connectivity index (χ3n) is 5.15. The molecule has 0 unspecified atom stereocenters. The Morgan fingerprint density at radius 2 is 1.73 bits per heavy atom. The van der Waals surface area contributed by atoms with Crippen LogP contribution in [0.15, 0.2) is 60.8 Å². The van der Waals surface area contributed by atoms with Gasteiger partial charge in [0.1, 0.15) is 15.6 Å². The summed E-state index contributed by atoms with van der Waals surface area (Å²) < 4.78 is 5.22. The molecule has 2 aromatic carbocycles. The number of thiazole rings is 1. The number of carbonyl (C=O) groups is 2. The predicted molar refractivity (Wildman–Crippen MR) is 117 cm³/mol. The third kappa shape index (κ3) is 4.52. The Morgan fingerprint density at radius 3 is 2.47 bits per heavy atom. The van der Waals surface area contributed by atoms with E-state index in [1.165, 1.54) is 11.3 Å². The maximum atomic E-state index is 12.9. The Hall–Kier alpha value is -3.19. The second-order valence-electron chi connectivity index (χ2n) is 7.10. The smallest absolute Gasteiger partial charge is 0.265 e. The van der Waals surface area contributed by atoms with Crippen LogP contribution in [0.4, 0.5) is 0 Å². The molecule has 6 nitrogen and oxygen atoms in total. The van der Waals surface area contributed by atoms with Crippen molar-refractivity contribution in [3.8, 4) is 16.3 Å². The zero-order chi connectivity index (χ0) is 20.9. The van der Waals surface area contributed by atoms with Crippen LogP contribution in [0.2, 0.25) is 0 Å². The van der Waals surface area contributed by atoms with E-state index in [1.807, 2.05) is 59.5 Å². The van der Waals surface area contributed by atoms with E-state index in [9.17, 15) is 9.59 Å². The highest BCUT2D eigenvalue weighted by molar-refractivity contribution is 7.16. The van der Waals surface area contributed by atoms with E-state index in [1.54, 1.807) is 18.2 Å². The first-order valence-corrected chi connectivity index (χ1v) is 10.7. The molecule has 3 aromatic rings. The lowest BCUT2D eigenvalue weighted by atomic mass is 10.1. The molecule has 1 aliphatic heterocycles. The summed E-state index contributed by atoms with van der Waals surface area (Å²) in [5, 5.41) is 0.839. The van der Waals surface area contributed by atoms with Crippen LogP contribution < -0.4 is 4.74 Å². The Balaban J connectivity index is 1.33. The van der Waals surface area contributed by atoms with Crippen LogP contribution in [0.3, 0.4) is 0 Å². The molecule has 0 spiro atoms. The Kier molecular flexibility index (Phi) is 6.09. The molecule has 1 aromatic heterocycles. The minimum atomic E-state index is -0.0189. The normalized spacial score (nSPS) is 13.9. The highest BCUT2D eigenvalue weighted by atomic mass is 32.1. The fraction of sp³-hybridized carbons (Fsp3) is 0.261. The van der Waals surface area contributed by atoms with Crippen molar-refractivity contribution in [3.63, 3.8) is 0 Å². The van der Waals surface area contributed by atoms with Crippen molar-refractivity contribution in [3.05, 3.63) is 71.2 Å². The summed E-state index contributed by atoms with van der Waals surface area (Å²) in [5.74, 6) is 0.796. The summed E-state index contributed by atoms with van der Waals surface area (Å²) in [5.41, 5.74) is 1.94. The Morgan fingerprint density at radius 1 is 1.00 bits per heavy atom. The first-order valence-electron chi connectivity index (χ1n) is 9.85. The van der Waals surface area contributed by atoms with Gasteiger partial charge in [0.15, 0.2) is 0 Å². The van der Waals surface area contributed by atoms with E-state index in [2.05, 4.69) is 4.98 Å². The van der Waals surface area contributed by atoms with Crippen LogP contribution in [-0.4, -0.2) is 59.9 Å². The van der Waals surface area contributed by atoms with Gasteiger partial charge in [-0.1, -0.05) is 42.5 Å². The molecule has 1 aliphatic rings. The largest absolute Gasteiger partial charge is 0.497 e. The highest BCUT2D eigenvalue weighted by Crippen LogP contribution is 2.26. The molecule has 4 rings (SSSR count). The first kappa shape index (κ1) is 20.1.